The predicted octanol–water partition coefficient (Wildman–Crippen LogP) is 2.68. The van der Waals surface area contributed by atoms with E-state index >= 15 is 0 Å². The number of rotatable bonds is 9. The molecule has 3 atom stereocenters. The minimum absolute atomic E-state index is 0.0110. The van der Waals surface area contributed by atoms with Crippen LogP contribution in [0.5, 0.6) is 5.75 Å². The van der Waals surface area contributed by atoms with Crippen molar-refractivity contribution in [2.75, 3.05) is 19.7 Å². The molecule has 1 saturated carbocycles. The molecule has 6 nitrogen and oxygen atoms in total. The van der Waals surface area contributed by atoms with Crippen LogP contribution in [0.1, 0.15) is 52.5 Å². The third kappa shape index (κ3) is 6.46. The first kappa shape index (κ1) is 23.2. The number of ether oxygens (including phenoxy) is 1. The van der Waals surface area contributed by atoms with Gasteiger partial charge in [-0.15, -0.1) is 0 Å². The van der Waals surface area contributed by atoms with Gasteiger partial charge in [-0.2, -0.15) is 0 Å². The highest BCUT2D eigenvalue weighted by Gasteiger charge is 2.48. The summed E-state index contributed by atoms with van der Waals surface area (Å²) < 4.78 is 5.77. The van der Waals surface area contributed by atoms with Crippen molar-refractivity contribution in [2.45, 2.75) is 59.0 Å². The largest absolute Gasteiger partial charge is 0.491 e. The molecule has 1 aromatic rings. The molecule has 0 radical (unpaired) electrons. The average Bonchev–Trinajstić information content (AvgIpc) is 2.65. The molecular weight excluding hydrogens is 368 g/mol. The molecule has 0 aliphatic heterocycles. The molecule has 3 unspecified atom stereocenters. The van der Waals surface area contributed by atoms with Crippen molar-refractivity contribution in [3.05, 3.63) is 29.8 Å². The number of para-hydroxylation sites is 1. The van der Waals surface area contributed by atoms with Crippen molar-refractivity contribution in [2.24, 2.45) is 17.8 Å². The van der Waals surface area contributed by atoms with Crippen LogP contribution in [0, 0.1) is 17.8 Å². The molecule has 3 N–H and O–H groups in total. The predicted molar refractivity (Wildman–Crippen MR) is 114 cm³/mol. The van der Waals surface area contributed by atoms with Gasteiger partial charge in [0.25, 0.3) is 5.91 Å². The molecule has 29 heavy (non-hydrogen) atoms. The maximum Gasteiger partial charge on any atom is 0.252 e. The number of hydrogen-bond acceptors (Lipinski definition) is 4. The lowest BCUT2D eigenvalue weighted by atomic mass is 9.66. The summed E-state index contributed by atoms with van der Waals surface area (Å²) in [5.74, 6) is 1.00. The first-order valence-corrected chi connectivity index (χ1v) is 10.7. The molecule has 162 valence electrons. The summed E-state index contributed by atoms with van der Waals surface area (Å²) in [6.07, 6.45) is 3.07. The first-order valence-electron chi connectivity index (χ1n) is 10.7. The van der Waals surface area contributed by atoms with Gasteiger partial charge in [-0.1, -0.05) is 45.4 Å². The Morgan fingerprint density at radius 3 is 2.62 bits per heavy atom. The van der Waals surface area contributed by atoms with Crippen LogP contribution in [0.4, 0.5) is 0 Å². The van der Waals surface area contributed by atoms with Crippen molar-refractivity contribution in [3.63, 3.8) is 0 Å². The lowest BCUT2D eigenvalue weighted by molar-refractivity contribution is -0.155. The van der Waals surface area contributed by atoms with Crippen LogP contribution in [0.2, 0.25) is 0 Å². The van der Waals surface area contributed by atoms with Crippen LogP contribution in [0.25, 0.3) is 0 Å². The van der Waals surface area contributed by atoms with Gasteiger partial charge in [-0.05, 0) is 48.6 Å². The monoisotopic (exact) mass is 404 g/mol. The maximum absolute atomic E-state index is 12.9. The van der Waals surface area contributed by atoms with E-state index in [0.29, 0.717) is 38.5 Å². The highest BCUT2D eigenvalue weighted by Crippen LogP contribution is 2.41. The Bertz CT molecular complexity index is 691. The molecule has 2 rings (SSSR count). The van der Waals surface area contributed by atoms with Crippen LogP contribution >= 0.6 is 0 Å². The third-order valence-corrected chi connectivity index (χ3v) is 5.83. The summed E-state index contributed by atoms with van der Waals surface area (Å²) in [6, 6.07) is 7.68. The van der Waals surface area contributed by atoms with Gasteiger partial charge in [0.15, 0.2) is 0 Å². The van der Waals surface area contributed by atoms with Crippen LogP contribution in [-0.2, 0) is 16.0 Å². The summed E-state index contributed by atoms with van der Waals surface area (Å²) in [7, 11) is 0. The van der Waals surface area contributed by atoms with Gasteiger partial charge >= 0.3 is 0 Å². The number of benzene rings is 1. The van der Waals surface area contributed by atoms with Gasteiger partial charge in [0.2, 0.25) is 5.91 Å². The molecule has 6 heteroatoms. The van der Waals surface area contributed by atoms with E-state index in [1.165, 1.54) is 6.92 Å². The Kier molecular flexibility index (Phi) is 8.50. The second-order valence-corrected chi connectivity index (χ2v) is 8.61. The lowest BCUT2D eigenvalue weighted by Crippen LogP contribution is -2.56. The summed E-state index contributed by atoms with van der Waals surface area (Å²) in [5.41, 5.74) is -0.305. The third-order valence-electron chi connectivity index (χ3n) is 5.83. The minimum atomic E-state index is -1.29. The SMILES string of the molecule is CC(=O)NCCOc1ccccc1CCNC(=O)C1(O)CC(C)CCC1C(C)C. The molecule has 2 amide bonds. The van der Waals surface area contributed by atoms with Crippen LogP contribution in [0.3, 0.4) is 0 Å². The molecule has 1 aliphatic carbocycles. The first-order chi connectivity index (χ1) is 13.7. The van der Waals surface area contributed by atoms with Crippen molar-refractivity contribution in [1.29, 1.82) is 0 Å². The Morgan fingerprint density at radius 2 is 1.93 bits per heavy atom. The van der Waals surface area contributed by atoms with E-state index in [4.69, 9.17) is 4.74 Å². The fourth-order valence-corrected chi connectivity index (χ4v) is 4.34. The highest BCUT2D eigenvalue weighted by atomic mass is 16.5. The molecule has 0 aromatic heterocycles. The van der Waals surface area contributed by atoms with Crippen molar-refractivity contribution in [3.8, 4) is 5.75 Å². The highest BCUT2D eigenvalue weighted by molar-refractivity contribution is 5.85. The van der Waals surface area contributed by atoms with Crippen molar-refractivity contribution in [1.82, 2.24) is 10.6 Å². The number of aliphatic hydroxyl groups is 1. The number of carbonyl (C=O) groups excluding carboxylic acids is 2. The normalized spacial score (nSPS) is 24.2. The van der Waals surface area contributed by atoms with Gasteiger partial charge in [0.05, 0.1) is 6.54 Å². The number of amides is 2. The van der Waals surface area contributed by atoms with Crippen molar-refractivity contribution >= 4 is 11.8 Å². The van der Waals surface area contributed by atoms with E-state index in [0.717, 1.165) is 24.2 Å². The fourth-order valence-electron chi connectivity index (χ4n) is 4.34. The topological polar surface area (TPSA) is 87.7 Å². The van der Waals surface area contributed by atoms with Gasteiger partial charge in [-0.25, -0.2) is 0 Å². The second-order valence-electron chi connectivity index (χ2n) is 8.61. The summed E-state index contributed by atoms with van der Waals surface area (Å²) in [4.78, 5) is 23.8. The molecule has 0 spiro atoms. The zero-order valence-electron chi connectivity index (χ0n) is 18.2. The van der Waals surface area contributed by atoms with Crippen LogP contribution in [-0.4, -0.2) is 42.2 Å². The van der Waals surface area contributed by atoms with Gasteiger partial charge in [0, 0.05) is 13.5 Å². The molecule has 1 aromatic carbocycles. The standard InChI is InChI=1S/C23H36N2O4/c1-16(2)20-10-9-17(3)15-23(20,28)22(27)25-12-11-19-7-5-6-8-21(19)29-14-13-24-18(4)26/h5-8,16-17,20,28H,9-15H2,1-4H3,(H,24,26)(H,25,27). The van der Waals surface area contributed by atoms with Crippen LogP contribution < -0.4 is 15.4 Å². The van der Waals surface area contributed by atoms with E-state index in [9.17, 15) is 14.7 Å². The zero-order chi connectivity index (χ0) is 21.4. The van der Waals surface area contributed by atoms with E-state index in [1.54, 1.807) is 0 Å². The number of carbonyl (C=O) groups is 2. The van der Waals surface area contributed by atoms with Gasteiger partial charge in [0.1, 0.15) is 18.0 Å². The molecule has 0 bridgehead atoms. The fraction of sp³-hybridized carbons (Fsp3) is 0.652. The maximum atomic E-state index is 12.9. The Balaban J connectivity index is 1.92. The van der Waals surface area contributed by atoms with Gasteiger partial charge in [-0.3, -0.25) is 9.59 Å². The quantitative estimate of drug-likeness (QED) is 0.552. The number of nitrogens with one attached hydrogen (secondary N) is 2. The van der Waals surface area contributed by atoms with Crippen molar-refractivity contribution < 1.29 is 19.4 Å². The smallest absolute Gasteiger partial charge is 0.252 e. The molecule has 1 fully saturated rings. The molecule has 1 aliphatic rings. The van der Waals surface area contributed by atoms with E-state index in [-0.39, 0.29) is 23.7 Å². The van der Waals surface area contributed by atoms with E-state index in [2.05, 4.69) is 31.4 Å². The Labute approximate surface area is 174 Å². The minimum Gasteiger partial charge on any atom is -0.491 e. The van der Waals surface area contributed by atoms with E-state index < -0.39 is 5.60 Å². The van der Waals surface area contributed by atoms with Crippen LogP contribution in [0.15, 0.2) is 24.3 Å². The summed E-state index contributed by atoms with van der Waals surface area (Å²) >= 11 is 0. The molecule has 0 heterocycles. The lowest BCUT2D eigenvalue weighted by Gasteiger charge is -2.43. The summed E-state index contributed by atoms with van der Waals surface area (Å²) in [6.45, 7) is 9.00. The Hall–Kier alpha value is -2.08. The average molecular weight is 405 g/mol. The molecule has 0 saturated heterocycles. The van der Waals surface area contributed by atoms with Gasteiger partial charge < -0.3 is 20.5 Å². The Morgan fingerprint density at radius 1 is 1.21 bits per heavy atom. The number of hydrogen-bond donors (Lipinski definition) is 3. The van der Waals surface area contributed by atoms with E-state index in [1.807, 2.05) is 24.3 Å². The summed E-state index contributed by atoms with van der Waals surface area (Å²) in [5, 5.41) is 16.9. The molecular formula is C23H36N2O4. The second kappa shape index (κ2) is 10.6. The zero-order valence-corrected chi connectivity index (χ0v) is 18.2.